The second-order valence-electron chi connectivity index (χ2n) is 6.05. The third kappa shape index (κ3) is 5.03. The fraction of sp³-hybridized carbons (Fsp3) is 0.190. The molecule has 152 valence electrons. The van der Waals surface area contributed by atoms with E-state index in [9.17, 15) is 13.4 Å². The van der Waals surface area contributed by atoms with E-state index >= 15 is 0 Å². The topological polar surface area (TPSA) is 77.8 Å². The van der Waals surface area contributed by atoms with Crippen molar-refractivity contribution in [3.05, 3.63) is 77.5 Å². The summed E-state index contributed by atoms with van der Waals surface area (Å²) in [4.78, 5) is 12.9. The molecule has 0 fully saturated rings. The number of furan rings is 1. The van der Waals surface area contributed by atoms with Gasteiger partial charge in [0.2, 0.25) is 0 Å². The van der Waals surface area contributed by atoms with Gasteiger partial charge in [0.1, 0.15) is 11.6 Å². The van der Waals surface area contributed by atoms with Crippen molar-refractivity contribution in [2.45, 2.75) is 17.2 Å². The molecule has 3 aromatic rings. The number of halogens is 1. The Bertz CT molecular complexity index is 1020. The number of methoxy groups -OCH3 is 2. The van der Waals surface area contributed by atoms with Crippen LogP contribution in [-0.4, -0.2) is 24.3 Å². The highest BCUT2D eigenvalue weighted by Crippen LogP contribution is 2.30. The van der Waals surface area contributed by atoms with Crippen LogP contribution in [0.5, 0.6) is 11.5 Å². The minimum Gasteiger partial charge on any atom is -0.493 e. The number of para-hydroxylation sites is 1. The summed E-state index contributed by atoms with van der Waals surface area (Å²) < 4.78 is 41.4. The average Bonchev–Trinajstić information content (AvgIpc) is 3.20. The Kier molecular flexibility index (Phi) is 6.66. The summed E-state index contributed by atoms with van der Waals surface area (Å²) in [6.07, 6.45) is 0. The third-order valence-corrected chi connectivity index (χ3v) is 5.50. The molecule has 1 aromatic heterocycles. The molecule has 0 aliphatic rings. The second-order valence-corrected chi connectivity index (χ2v) is 7.50. The normalized spacial score (nSPS) is 11.7. The standard InChI is InChI=1S/C21H20FNO5S/c1-26-18-5-3-4-14(20(18)27-2)12-23-21(24)19-11-8-16(28-19)13-29(25)17-9-6-15(22)7-10-17/h3-11H,12-13H2,1-2H3,(H,23,24). The van der Waals surface area contributed by atoms with E-state index in [1.165, 1.54) is 37.4 Å². The second kappa shape index (κ2) is 9.38. The van der Waals surface area contributed by atoms with Crippen LogP contribution in [0.15, 0.2) is 63.9 Å². The molecule has 3 rings (SSSR count). The van der Waals surface area contributed by atoms with E-state index in [2.05, 4.69) is 5.32 Å². The molecule has 0 bridgehead atoms. The number of nitrogens with one attached hydrogen (secondary N) is 1. The average molecular weight is 417 g/mol. The van der Waals surface area contributed by atoms with E-state index in [1.54, 1.807) is 25.3 Å². The number of amides is 1. The van der Waals surface area contributed by atoms with E-state index in [1.807, 2.05) is 6.07 Å². The summed E-state index contributed by atoms with van der Waals surface area (Å²) in [6.45, 7) is 0.219. The summed E-state index contributed by atoms with van der Waals surface area (Å²) in [5.74, 6) is 0.912. The molecule has 1 N–H and O–H groups in total. The zero-order chi connectivity index (χ0) is 20.8. The fourth-order valence-electron chi connectivity index (χ4n) is 2.73. The van der Waals surface area contributed by atoms with Crippen LogP contribution in [0.25, 0.3) is 0 Å². The Morgan fingerprint density at radius 3 is 2.52 bits per heavy atom. The van der Waals surface area contributed by atoms with Crippen molar-refractivity contribution in [3.63, 3.8) is 0 Å². The van der Waals surface area contributed by atoms with Crippen molar-refractivity contribution in [3.8, 4) is 11.5 Å². The van der Waals surface area contributed by atoms with Crippen LogP contribution in [0.3, 0.4) is 0 Å². The lowest BCUT2D eigenvalue weighted by atomic mass is 10.2. The molecule has 1 heterocycles. The van der Waals surface area contributed by atoms with Gasteiger partial charge in [-0.05, 0) is 42.5 Å². The van der Waals surface area contributed by atoms with Gasteiger partial charge >= 0.3 is 0 Å². The van der Waals surface area contributed by atoms with Gasteiger partial charge in [0.15, 0.2) is 17.3 Å². The van der Waals surface area contributed by atoms with E-state index in [0.29, 0.717) is 22.2 Å². The summed E-state index contributed by atoms with van der Waals surface area (Å²) in [5, 5.41) is 2.76. The van der Waals surface area contributed by atoms with Gasteiger partial charge in [-0.1, -0.05) is 12.1 Å². The molecule has 8 heteroatoms. The minimum atomic E-state index is -1.41. The van der Waals surface area contributed by atoms with E-state index in [4.69, 9.17) is 13.9 Å². The van der Waals surface area contributed by atoms with Gasteiger partial charge in [-0.15, -0.1) is 0 Å². The molecular formula is C21H20FNO5S. The Morgan fingerprint density at radius 2 is 1.83 bits per heavy atom. The Hall–Kier alpha value is -3.13. The third-order valence-electron chi connectivity index (χ3n) is 4.16. The molecule has 0 radical (unpaired) electrons. The zero-order valence-corrected chi connectivity index (χ0v) is 16.8. The maximum absolute atomic E-state index is 13.0. The molecule has 2 aromatic carbocycles. The van der Waals surface area contributed by atoms with Crippen LogP contribution in [0.4, 0.5) is 4.39 Å². The molecule has 1 atom stereocenters. The highest BCUT2D eigenvalue weighted by atomic mass is 32.2. The predicted molar refractivity (Wildman–Crippen MR) is 106 cm³/mol. The molecule has 1 amide bonds. The number of rotatable bonds is 8. The smallest absolute Gasteiger partial charge is 0.287 e. The SMILES string of the molecule is COc1cccc(CNC(=O)c2ccc(CS(=O)c3ccc(F)cc3)o2)c1OC. The van der Waals surface area contributed by atoms with Gasteiger partial charge in [0.25, 0.3) is 5.91 Å². The van der Waals surface area contributed by atoms with Crippen molar-refractivity contribution in [2.75, 3.05) is 14.2 Å². The van der Waals surface area contributed by atoms with Gasteiger partial charge in [-0.25, -0.2) is 4.39 Å². The molecule has 6 nitrogen and oxygen atoms in total. The van der Waals surface area contributed by atoms with Crippen LogP contribution < -0.4 is 14.8 Å². The lowest BCUT2D eigenvalue weighted by Gasteiger charge is -2.12. The lowest BCUT2D eigenvalue weighted by molar-refractivity contribution is 0.0921. The van der Waals surface area contributed by atoms with Gasteiger partial charge in [-0.2, -0.15) is 0 Å². The number of hydrogen-bond donors (Lipinski definition) is 1. The molecule has 0 spiro atoms. The van der Waals surface area contributed by atoms with Crippen molar-refractivity contribution >= 4 is 16.7 Å². The maximum atomic E-state index is 13.0. The van der Waals surface area contributed by atoms with Crippen LogP contribution >= 0.6 is 0 Å². The van der Waals surface area contributed by atoms with Crippen molar-refractivity contribution in [2.24, 2.45) is 0 Å². The fourth-order valence-corrected chi connectivity index (χ4v) is 3.75. The minimum absolute atomic E-state index is 0.0859. The molecule has 1 unspecified atom stereocenters. The number of benzene rings is 2. The van der Waals surface area contributed by atoms with Crippen LogP contribution in [-0.2, 0) is 23.1 Å². The summed E-state index contributed by atoms with van der Waals surface area (Å²) >= 11 is 0. The largest absolute Gasteiger partial charge is 0.493 e. The molecular weight excluding hydrogens is 397 g/mol. The molecule has 0 aliphatic carbocycles. The first-order valence-corrected chi connectivity index (χ1v) is 10.0. The van der Waals surface area contributed by atoms with E-state index in [-0.39, 0.29) is 18.1 Å². The van der Waals surface area contributed by atoms with Crippen molar-refractivity contribution in [1.29, 1.82) is 0 Å². The number of hydrogen-bond acceptors (Lipinski definition) is 5. The number of carbonyl (C=O) groups is 1. The Labute approximate surface area is 170 Å². The van der Waals surface area contributed by atoms with Gasteiger partial charge in [-0.3, -0.25) is 9.00 Å². The van der Waals surface area contributed by atoms with E-state index in [0.717, 1.165) is 5.56 Å². The predicted octanol–water partition coefficient (Wildman–Crippen LogP) is 3.67. The van der Waals surface area contributed by atoms with Crippen LogP contribution in [0.2, 0.25) is 0 Å². The highest BCUT2D eigenvalue weighted by molar-refractivity contribution is 7.84. The van der Waals surface area contributed by atoms with Gasteiger partial charge < -0.3 is 19.2 Å². The summed E-state index contributed by atoms with van der Waals surface area (Å²) in [6, 6.07) is 13.9. The molecule has 0 saturated carbocycles. The first-order chi connectivity index (χ1) is 14.0. The first kappa shape index (κ1) is 20.6. The Morgan fingerprint density at radius 1 is 1.07 bits per heavy atom. The molecule has 0 saturated heterocycles. The van der Waals surface area contributed by atoms with Gasteiger partial charge in [0.05, 0.1) is 30.8 Å². The quantitative estimate of drug-likeness (QED) is 0.605. The number of carbonyl (C=O) groups excluding carboxylic acids is 1. The van der Waals surface area contributed by atoms with Crippen LogP contribution in [0.1, 0.15) is 21.9 Å². The number of ether oxygens (including phenoxy) is 2. The van der Waals surface area contributed by atoms with Crippen molar-refractivity contribution in [1.82, 2.24) is 5.32 Å². The van der Waals surface area contributed by atoms with Crippen molar-refractivity contribution < 1.29 is 27.3 Å². The summed E-state index contributed by atoms with van der Waals surface area (Å²) in [7, 11) is 1.67. The molecule has 29 heavy (non-hydrogen) atoms. The first-order valence-electron chi connectivity index (χ1n) is 8.72. The monoisotopic (exact) mass is 417 g/mol. The Balaban J connectivity index is 1.62. The summed E-state index contributed by atoms with van der Waals surface area (Å²) in [5.41, 5.74) is 0.754. The maximum Gasteiger partial charge on any atom is 0.287 e. The highest BCUT2D eigenvalue weighted by Gasteiger charge is 2.15. The zero-order valence-electron chi connectivity index (χ0n) is 15.9. The van der Waals surface area contributed by atoms with E-state index < -0.39 is 22.5 Å². The van der Waals surface area contributed by atoms with Gasteiger partial charge in [0, 0.05) is 17.0 Å². The van der Waals surface area contributed by atoms with Crippen LogP contribution in [0, 0.1) is 5.82 Å². The molecule has 0 aliphatic heterocycles. The lowest BCUT2D eigenvalue weighted by Crippen LogP contribution is -2.22.